The van der Waals surface area contributed by atoms with Gasteiger partial charge in [0.1, 0.15) is 6.29 Å². The van der Waals surface area contributed by atoms with Gasteiger partial charge in [0.05, 0.1) is 12.5 Å². The van der Waals surface area contributed by atoms with Gasteiger partial charge in [-0.2, -0.15) is 0 Å². The Hall–Kier alpha value is -0.513. The van der Waals surface area contributed by atoms with Crippen LogP contribution >= 0.6 is 0 Å². The van der Waals surface area contributed by atoms with E-state index < -0.39 is 8.56 Å². The molecule has 8 heteroatoms. The van der Waals surface area contributed by atoms with Crippen molar-refractivity contribution in [3.63, 3.8) is 0 Å². The second-order valence-corrected chi connectivity index (χ2v) is 24.3. The minimum atomic E-state index is -2.37. The van der Waals surface area contributed by atoms with Crippen LogP contribution in [0.4, 0.5) is 0 Å². The fraction of sp³-hybridized carbons (Fsp3) is 0.983. The summed E-state index contributed by atoms with van der Waals surface area (Å²) in [6, 6.07) is 0. The maximum absolute atomic E-state index is 13.1. The summed E-state index contributed by atoms with van der Waals surface area (Å²) < 4.78 is 26.0. The van der Waals surface area contributed by atoms with Crippen LogP contribution in [0.15, 0.2) is 0 Å². The maximum Gasteiger partial charge on any atom is 0.333 e. The van der Waals surface area contributed by atoms with Crippen LogP contribution in [-0.4, -0.2) is 76.9 Å². The number of carbonyl (C=O) groups is 1. The van der Waals surface area contributed by atoms with Crippen LogP contribution < -0.4 is 0 Å². The monoisotopic (exact) mass is 954 g/mol. The van der Waals surface area contributed by atoms with E-state index >= 15 is 0 Å². The van der Waals surface area contributed by atoms with Crippen molar-refractivity contribution in [2.24, 2.45) is 11.8 Å². The Morgan fingerprint density at radius 1 is 0.455 bits per heavy atom. The molecule has 0 rings (SSSR count). The number of carbonyl (C=O) groups excluding carboxylic acids is 1. The first-order chi connectivity index (χ1) is 32.3. The summed E-state index contributed by atoms with van der Waals surface area (Å²) in [6.45, 7) is 21.6. The van der Waals surface area contributed by atoms with E-state index in [9.17, 15) is 9.90 Å². The lowest BCUT2D eigenvalue weighted by Crippen LogP contribution is -2.41. The summed E-state index contributed by atoms with van der Waals surface area (Å²) in [5.41, 5.74) is 0. The largest absolute Gasteiger partial charge is 0.465 e. The van der Waals surface area contributed by atoms with Crippen molar-refractivity contribution in [1.29, 1.82) is 0 Å². The molecule has 0 aliphatic carbocycles. The predicted octanol–water partition coefficient (Wildman–Crippen LogP) is 17.8. The molecule has 0 aliphatic rings. The summed E-state index contributed by atoms with van der Waals surface area (Å²) in [4.78, 5) is 15.7. The zero-order chi connectivity index (χ0) is 48.4. The third kappa shape index (κ3) is 44.7. The molecule has 0 amide bonds. The molecular weight excluding hydrogens is 835 g/mol. The van der Waals surface area contributed by atoms with Crippen LogP contribution in [0.1, 0.15) is 291 Å². The molecule has 0 aromatic heterocycles. The summed E-state index contributed by atoms with van der Waals surface area (Å²) >= 11 is 0. The van der Waals surface area contributed by atoms with E-state index in [0.717, 1.165) is 103 Å². The Bertz CT molecular complexity index is 970. The Balaban J connectivity index is 5.00. The summed E-state index contributed by atoms with van der Waals surface area (Å²) in [5.74, 6) is 0.789. The molecule has 66 heavy (non-hydrogen) atoms. The molecule has 396 valence electrons. The van der Waals surface area contributed by atoms with Gasteiger partial charge < -0.3 is 28.3 Å². The second kappa shape index (κ2) is 50.9. The number of nitrogens with zero attached hydrogens (tertiary/aromatic N) is 1. The zero-order valence-electron chi connectivity index (χ0n) is 45.9. The number of hydrogen-bond acceptors (Lipinski definition) is 7. The Kier molecular flexibility index (Phi) is 50.5. The van der Waals surface area contributed by atoms with Crippen LogP contribution in [-0.2, 0) is 23.1 Å². The van der Waals surface area contributed by atoms with Crippen molar-refractivity contribution in [3.05, 3.63) is 0 Å². The van der Waals surface area contributed by atoms with Crippen LogP contribution in [0.5, 0.6) is 0 Å². The van der Waals surface area contributed by atoms with Gasteiger partial charge in [0.25, 0.3) is 0 Å². The lowest BCUT2D eigenvalue weighted by atomic mass is 9.94. The normalized spacial score (nSPS) is 13.5. The lowest BCUT2D eigenvalue weighted by molar-refractivity contribution is -0.149. The first-order valence-corrected chi connectivity index (χ1v) is 32.5. The topological polar surface area (TPSA) is 77.5 Å². The Labute approximate surface area is 414 Å². The van der Waals surface area contributed by atoms with Gasteiger partial charge in [-0.05, 0) is 116 Å². The summed E-state index contributed by atoms with van der Waals surface area (Å²) in [7, 11) is -2.37. The van der Waals surface area contributed by atoms with E-state index in [4.69, 9.17) is 18.3 Å². The van der Waals surface area contributed by atoms with E-state index in [0.29, 0.717) is 12.5 Å². The predicted molar refractivity (Wildman–Crippen MR) is 289 cm³/mol. The van der Waals surface area contributed by atoms with Crippen LogP contribution in [0.2, 0.25) is 13.1 Å². The van der Waals surface area contributed by atoms with Gasteiger partial charge in [-0.1, -0.05) is 214 Å². The van der Waals surface area contributed by atoms with Gasteiger partial charge in [-0.3, -0.25) is 4.79 Å². The number of hydrogen-bond donors (Lipinski definition) is 1. The first-order valence-electron chi connectivity index (χ1n) is 29.7. The molecule has 0 saturated heterocycles. The highest BCUT2D eigenvalue weighted by Crippen LogP contribution is 2.24. The zero-order valence-corrected chi connectivity index (χ0v) is 46.9. The fourth-order valence-corrected chi connectivity index (χ4v) is 10.9. The van der Waals surface area contributed by atoms with E-state index in [1.807, 2.05) is 0 Å². The molecule has 0 saturated carbocycles. The van der Waals surface area contributed by atoms with Gasteiger partial charge >= 0.3 is 14.5 Å². The molecule has 0 bridgehead atoms. The molecule has 0 aromatic rings. The molecule has 0 aliphatic heterocycles. The average Bonchev–Trinajstić information content (AvgIpc) is 3.30. The maximum atomic E-state index is 13.1. The molecule has 7 nitrogen and oxygen atoms in total. The Morgan fingerprint density at radius 3 is 1.33 bits per heavy atom. The highest BCUT2D eigenvalue weighted by molar-refractivity contribution is 6.64. The van der Waals surface area contributed by atoms with E-state index in [1.54, 1.807) is 0 Å². The molecule has 3 atom stereocenters. The fourth-order valence-electron chi connectivity index (χ4n) is 9.38. The van der Waals surface area contributed by atoms with Crippen molar-refractivity contribution in [3.8, 4) is 0 Å². The SMILES string of the molecule is CCCCCCCCOC(CCCCCN(CCCCO)CCCCCCOC(=O)C(CCCCCC)CCCCCCCC)O[Si](C)(C)OCC(CCCCCC)CCCCCCCC. The van der Waals surface area contributed by atoms with Crippen molar-refractivity contribution in [1.82, 2.24) is 4.90 Å². The first kappa shape index (κ1) is 65.5. The lowest BCUT2D eigenvalue weighted by Gasteiger charge is -2.31. The molecule has 0 spiro atoms. The molecule has 1 N–H and O–H groups in total. The summed E-state index contributed by atoms with van der Waals surface area (Å²) in [5, 5.41) is 9.50. The minimum Gasteiger partial charge on any atom is -0.465 e. The quantitative estimate of drug-likeness (QED) is 0.0282. The number of esters is 1. The number of aliphatic hydroxyl groups is 1. The van der Waals surface area contributed by atoms with Crippen molar-refractivity contribution >= 4 is 14.5 Å². The third-order valence-corrected chi connectivity index (χ3v) is 15.6. The standard InChI is InChI=1S/C58H119NO6Si/c1-8-13-18-23-26-33-44-55(43-32-21-16-11-4)54-64-66(6,7)65-57(62-52-41-29-25-20-15-10-3)47-36-31-38-49-59(50-39-40-51-60)48-37-28-30-42-53-63-58(61)56(45-34-22-17-12-5)46-35-27-24-19-14-9-2/h55-57,60H,8-54H2,1-7H3. The number of aliphatic hydroxyl groups excluding tert-OH is 1. The minimum absolute atomic E-state index is 0.0622. The van der Waals surface area contributed by atoms with Gasteiger partial charge in [0, 0.05) is 19.8 Å². The highest BCUT2D eigenvalue weighted by atomic mass is 28.4. The third-order valence-electron chi connectivity index (χ3n) is 13.9. The van der Waals surface area contributed by atoms with Gasteiger partial charge in [-0.25, -0.2) is 0 Å². The van der Waals surface area contributed by atoms with E-state index in [2.05, 4.69) is 52.6 Å². The molecule has 0 radical (unpaired) electrons. The van der Waals surface area contributed by atoms with Crippen molar-refractivity contribution < 1.29 is 28.2 Å². The summed E-state index contributed by atoms with van der Waals surface area (Å²) in [6.07, 6.45) is 48.6. The molecule has 0 heterocycles. The number of ether oxygens (including phenoxy) is 2. The number of rotatable bonds is 55. The molecule has 0 aromatic carbocycles. The average molecular weight is 955 g/mol. The van der Waals surface area contributed by atoms with Gasteiger partial charge in [0.15, 0.2) is 0 Å². The van der Waals surface area contributed by atoms with E-state index in [1.165, 1.54) is 186 Å². The second-order valence-electron chi connectivity index (χ2n) is 21.0. The highest BCUT2D eigenvalue weighted by Gasteiger charge is 2.30. The molecule has 3 unspecified atom stereocenters. The van der Waals surface area contributed by atoms with E-state index in [-0.39, 0.29) is 24.8 Å². The number of unbranched alkanes of at least 4 members (excludes halogenated alkanes) is 27. The van der Waals surface area contributed by atoms with Gasteiger partial charge in [0.2, 0.25) is 0 Å². The van der Waals surface area contributed by atoms with Crippen molar-refractivity contribution in [2.75, 3.05) is 46.1 Å². The van der Waals surface area contributed by atoms with Crippen LogP contribution in [0.3, 0.4) is 0 Å². The van der Waals surface area contributed by atoms with Crippen molar-refractivity contribution in [2.45, 2.75) is 311 Å². The van der Waals surface area contributed by atoms with Gasteiger partial charge in [-0.15, -0.1) is 0 Å². The molecular formula is C58H119NO6Si. The smallest absolute Gasteiger partial charge is 0.333 e. The Morgan fingerprint density at radius 2 is 0.833 bits per heavy atom. The molecule has 0 fully saturated rings. The van der Waals surface area contributed by atoms with Crippen LogP contribution in [0, 0.1) is 11.8 Å². The van der Waals surface area contributed by atoms with Crippen LogP contribution in [0.25, 0.3) is 0 Å².